The Morgan fingerprint density at radius 3 is 1.82 bits per heavy atom. The van der Waals surface area contributed by atoms with Gasteiger partial charge in [0.05, 0.1) is 17.7 Å². The Labute approximate surface area is 224 Å². The number of carbonyl (C=O) groups excluding carboxylic acids is 1. The molecule has 6 nitrogen and oxygen atoms in total. The zero-order chi connectivity index (χ0) is 27.0. The van der Waals surface area contributed by atoms with Crippen LogP contribution in [0.2, 0.25) is 0 Å². The fourth-order valence-electron chi connectivity index (χ4n) is 3.83. The Morgan fingerprint density at radius 2 is 1.21 bits per heavy atom. The molecule has 0 amide bonds. The Bertz CT molecular complexity index is 1280. The predicted molar refractivity (Wildman–Crippen MR) is 153 cm³/mol. The van der Waals surface area contributed by atoms with Crippen molar-refractivity contribution in [1.82, 2.24) is 0 Å². The van der Waals surface area contributed by atoms with Crippen LogP contribution in [-0.2, 0) is 17.6 Å². The van der Waals surface area contributed by atoms with Crippen LogP contribution >= 0.6 is 0 Å². The standard InChI is InChI=1S/2C16H17NO2/c17-15-11-5-4-10-14(15)16(18)19-12-6-9-13-7-2-1-3-8-13;18-16(19)14-10-4-5-11-15(14)17-12-6-9-13-7-2-1-3-8-13/h1-5,7-8,10-11H,6,9,12,17H2;1-5,7-8,10-11,17H,6,9,12H2,(H,18,19). The molecule has 0 bridgehead atoms. The van der Waals surface area contributed by atoms with Gasteiger partial charge in [-0.05, 0) is 61.1 Å². The highest BCUT2D eigenvalue weighted by Gasteiger charge is 2.10. The van der Waals surface area contributed by atoms with Crippen LogP contribution in [0.4, 0.5) is 11.4 Å². The lowest BCUT2D eigenvalue weighted by Gasteiger charge is -2.09. The van der Waals surface area contributed by atoms with Gasteiger partial charge >= 0.3 is 11.9 Å². The van der Waals surface area contributed by atoms with E-state index < -0.39 is 5.97 Å². The van der Waals surface area contributed by atoms with Crippen LogP contribution in [0.3, 0.4) is 0 Å². The number of nitrogen functional groups attached to an aromatic ring is 1. The SMILES string of the molecule is Nc1ccccc1C(=O)OCCCc1ccccc1.O=C(O)c1ccccc1NCCCc1ccccc1. The van der Waals surface area contributed by atoms with Crippen molar-refractivity contribution in [3.63, 3.8) is 0 Å². The van der Waals surface area contributed by atoms with Gasteiger partial charge in [-0.15, -0.1) is 0 Å². The molecule has 4 N–H and O–H groups in total. The topological polar surface area (TPSA) is 102 Å². The van der Waals surface area contributed by atoms with Gasteiger partial charge < -0.3 is 20.9 Å². The molecule has 38 heavy (non-hydrogen) atoms. The third-order valence-corrected chi connectivity index (χ3v) is 5.82. The first-order valence-corrected chi connectivity index (χ1v) is 12.7. The second-order valence-electron chi connectivity index (χ2n) is 8.68. The Balaban J connectivity index is 0.000000211. The summed E-state index contributed by atoms with van der Waals surface area (Å²) in [6.07, 6.45) is 3.67. The summed E-state index contributed by atoms with van der Waals surface area (Å²) >= 11 is 0. The largest absolute Gasteiger partial charge is 0.478 e. The lowest BCUT2D eigenvalue weighted by atomic mass is 10.1. The Kier molecular flexibility index (Phi) is 11.4. The average Bonchev–Trinajstić information content (AvgIpc) is 2.95. The van der Waals surface area contributed by atoms with Crippen molar-refractivity contribution in [2.75, 3.05) is 24.2 Å². The number of carboxylic acid groups (broad SMARTS) is 1. The molecule has 6 heteroatoms. The maximum atomic E-state index is 11.8. The quantitative estimate of drug-likeness (QED) is 0.121. The minimum atomic E-state index is -0.897. The maximum absolute atomic E-state index is 11.8. The lowest BCUT2D eigenvalue weighted by Crippen LogP contribution is -2.09. The van der Waals surface area contributed by atoms with Gasteiger partial charge in [0.2, 0.25) is 0 Å². The lowest BCUT2D eigenvalue weighted by molar-refractivity contribution is 0.0501. The van der Waals surface area contributed by atoms with E-state index in [0.29, 0.717) is 29.1 Å². The second-order valence-corrected chi connectivity index (χ2v) is 8.68. The van der Waals surface area contributed by atoms with Gasteiger partial charge in [0, 0.05) is 17.9 Å². The van der Waals surface area contributed by atoms with Crippen LogP contribution in [-0.4, -0.2) is 30.2 Å². The van der Waals surface area contributed by atoms with Crippen molar-refractivity contribution >= 4 is 23.3 Å². The van der Waals surface area contributed by atoms with Gasteiger partial charge in [-0.3, -0.25) is 0 Å². The first-order valence-electron chi connectivity index (χ1n) is 12.7. The summed E-state index contributed by atoms with van der Waals surface area (Å²) in [5.41, 5.74) is 10.2. The third-order valence-electron chi connectivity index (χ3n) is 5.82. The summed E-state index contributed by atoms with van der Waals surface area (Å²) < 4.78 is 5.21. The van der Waals surface area contributed by atoms with E-state index in [2.05, 4.69) is 29.6 Å². The minimum absolute atomic E-state index is 0.321. The zero-order valence-electron chi connectivity index (χ0n) is 21.4. The third kappa shape index (κ3) is 9.47. The van der Waals surface area contributed by atoms with E-state index in [4.69, 9.17) is 15.6 Å². The molecule has 0 atom stereocenters. The van der Waals surface area contributed by atoms with E-state index in [0.717, 1.165) is 32.2 Å². The average molecular weight is 511 g/mol. The fourth-order valence-corrected chi connectivity index (χ4v) is 3.83. The highest BCUT2D eigenvalue weighted by molar-refractivity contribution is 5.95. The predicted octanol–water partition coefficient (Wildman–Crippen LogP) is 6.49. The van der Waals surface area contributed by atoms with Crippen LogP contribution in [0.15, 0.2) is 109 Å². The molecule has 0 saturated heterocycles. The molecule has 0 unspecified atom stereocenters. The van der Waals surface area contributed by atoms with E-state index in [1.807, 2.05) is 42.5 Å². The van der Waals surface area contributed by atoms with E-state index in [9.17, 15) is 9.59 Å². The molecule has 0 aromatic heterocycles. The van der Waals surface area contributed by atoms with Crippen molar-refractivity contribution in [2.45, 2.75) is 25.7 Å². The highest BCUT2D eigenvalue weighted by atomic mass is 16.5. The van der Waals surface area contributed by atoms with E-state index in [1.54, 1.807) is 42.5 Å². The molecule has 0 radical (unpaired) electrons. The first-order chi connectivity index (χ1) is 18.5. The number of nitrogens with one attached hydrogen (secondary N) is 1. The second kappa shape index (κ2) is 15.5. The smallest absolute Gasteiger partial charge is 0.340 e. The summed E-state index contributed by atoms with van der Waals surface area (Å²) in [6, 6.07) is 34.3. The molecular formula is C32H34N2O4. The molecule has 0 aliphatic heterocycles. The van der Waals surface area contributed by atoms with Gasteiger partial charge in [0.1, 0.15) is 0 Å². The van der Waals surface area contributed by atoms with Crippen LogP contribution in [0.25, 0.3) is 0 Å². The van der Waals surface area contributed by atoms with Gasteiger partial charge in [-0.2, -0.15) is 0 Å². The Hall–Kier alpha value is -4.58. The van der Waals surface area contributed by atoms with E-state index in [-0.39, 0.29) is 5.97 Å². The number of aryl methyl sites for hydroxylation is 2. The van der Waals surface area contributed by atoms with Gasteiger partial charge in [0.25, 0.3) is 0 Å². The summed E-state index contributed by atoms with van der Waals surface area (Å²) in [7, 11) is 0. The molecular weight excluding hydrogens is 476 g/mol. The Morgan fingerprint density at radius 1 is 0.684 bits per heavy atom. The van der Waals surface area contributed by atoms with Crippen molar-refractivity contribution in [3.8, 4) is 0 Å². The van der Waals surface area contributed by atoms with Crippen molar-refractivity contribution in [1.29, 1.82) is 0 Å². The molecule has 0 saturated carbocycles. The number of ether oxygens (including phenoxy) is 1. The minimum Gasteiger partial charge on any atom is -0.478 e. The van der Waals surface area contributed by atoms with Crippen molar-refractivity contribution in [2.24, 2.45) is 0 Å². The van der Waals surface area contributed by atoms with E-state index >= 15 is 0 Å². The number of carboxylic acids is 1. The molecule has 4 aromatic rings. The molecule has 0 aliphatic rings. The van der Waals surface area contributed by atoms with Crippen LogP contribution in [0, 0.1) is 0 Å². The fraction of sp³-hybridized carbons (Fsp3) is 0.188. The number of hydrogen-bond donors (Lipinski definition) is 3. The number of benzene rings is 4. The number of nitrogens with two attached hydrogens (primary N) is 1. The number of aromatic carboxylic acids is 1. The number of para-hydroxylation sites is 2. The summed E-state index contributed by atoms with van der Waals surface area (Å²) in [6.45, 7) is 1.17. The number of esters is 1. The molecule has 0 fully saturated rings. The number of rotatable bonds is 11. The number of hydrogen-bond acceptors (Lipinski definition) is 5. The van der Waals surface area contributed by atoms with Crippen molar-refractivity contribution in [3.05, 3.63) is 131 Å². The van der Waals surface area contributed by atoms with E-state index in [1.165, 1.54) is 11.1 Å². The van der Waals surface area contributed by atoms with Gasteiger partial charge in [-0.25, -0.2) is 9.59 Å². The normalized spacial score (nSPS) is 10.1. The van der Waals surface area contributed by atoms with Crippen LogP contribution in [0.5, 0.6) is 0 Å². The zero-order valence-corrected chi connectivity index (χ0v) is 21.4. The summed E-state index contributed by atoms with van der Waals surface area (Å²) in [5, 5.41) is 12.2. The number of anilines is 2. The molecule has 4 aromatic carbocycles. The number of carbonyl (C=O) groups is 2. The van der Waals surface area contributed by atoms with Crippen molar-refractivity contribution < 1.29 is 19.4 Å². The van der Waals surface area contributed by atoms with Crippen LogP contribution < -0.4 is 11.1 Å². The molecule has 196 valence electrons. The van der Waals surface area contributed by atoms with Gasteiger partial charge in [-0.1, -0.05) is 84.9 Å². The molecule has 0 heterocycles. The molecule has 0 aliphatic carbocycles. The van der Waals surface area contributed by atoms with Gasteiger partial charge in [0.15, 0.2) is 0 Å². The summed E-state index contributed by atoms with van der Waals surface area (Å²) in [5.74, 6) is -1.25. The monoisotopic (exact) mass is 510 g/mol. The molecule has 0 spiro atoms. The highest BCUT2D eigenvalue weighted by Crippen LogP contribution is 2.15. The molecule has 4 rings (SSSR count). The first kappa shape index (κ1) is 28.0. The van der Waals surface area contributed by atoms with Crippen LogP contribution in [0.1, 0.15) is 44.7 Å². The maximum Gasteiger partial charge on any atom is 0.340 e. The summed E-state index contributed by atoms with van der Waals surface area (Å²) in [4.78, 5) is 22.8.